The number of anilines is 2. The van der Waals surface area contributed by atoms with Crippen LogP contribution in [-0.4, -0.2) is 37.5 Å². The largest absolute Gasteiger partial charge is 0.497 e. The molecule has 0 bridgehead atoms. The number of hydrogen-bond acceptors (Lipinski definition) is 5. The number of carbonyl (C=O) groups is 3. The average molecular weight is 372 g/mol. The van der Waals surface area contributed by atoms with Gasteiger partial charge in [0.25, 0.3) is 5.91 Å². The van der Waals surface area contributed by atoms with Crippen LogP contribution in [0.5, 0.6) is 5.75 Å². The molecule has 0 saturated carbocycles. The fraction of sp³-hybridized carbons (Fsp3) is 0.211. The molecule has 140 valence electrons. The van der Waals surface area contributed by atoms with Crippen molar-refractivity contribution >= 4 is 29.2 Å². The minimum absolute atomic E-state index is 0.200. The minimum atomic E-state index is -1.21. The van der Waals surface area contributed by atoms with Crippen LogP contribution < -0.4 is 15.0 Å². The van der Waals surface area contributed by atoms with Crippen LogP contribution in [0.4, 0.5) is 15.8 Å². The predicted octanol–water partition coefficient (Wildman–Crippen LogP) is 2.36. The summed E-state index contributed by atoms with van der Waals surface area (Å²) in [5.41, 5.74) is 0.676. The van der Waals surface area contributed by atoms with E-state index in [4.69, 9.17) is 9.47 Å². The third-order valence-corrected chi connectivity index (χ3v) is 4.06. The quantitative estimate of drug-likeness (QED) is 0.833. The summed E-state index contributed by atoms with van der Waals surface area (Å²) in [4.78, 5) is 38.0. The first-order chi connectivity index (χ1) is 12.9. The molecule has 8 heteroatoms. The standard InChI is InChI=1S/C19H17FN2O5/c1-11(27-19(25)13-8-7-12(26-2)9-14(13)20)18(24)22-10-17(23)21-15-5-3-4-6-16(15)22/h3-9,11H,10H2,1-2H3,(H,21,23)/t11-/m1/s1. The molecule has 1 aliphatic rings. The van der Waals surface area contributed by atoms with Crippen molar-refractivity contribution in [2.75, 3.05) is 23.9 Å². The van der Waals surface area contributed by atoms with Gasteiger partial charge in [0.15, 0.2) is 6.10 Å². The Hall–Kier alpha value is -3.42. The lowest BCUT2D eigenvalue weighted by Gasteiger charge is -2.30. The van der Waals surface area contributed by atoms with Gasteiger partial charge in [-0.2, -0.15) is 0 Å². The van der Waals surface area contributed by atoms with Crippen molar-refractivity contribution in [3.05, 3.63) is 53.8 Å². The van der Waals surface area contributed by atoms with Crippen molar-refractivity contribution in [3.63, 3.8) is 0 Å². The van der Waals surface area contributed by atoms with Gasteiger partial charge in [-0.15, -0.1) is 0 Å². The van der Waals surface area contributed by atoms with Crippen molar-refractivity contribution < 1.29 is 28.2 Å². The molecule has 1 heterocycles. The van der Waals surface area contributed by atoms with Crippen LogP contribution in [0.25, 0.3) is 0 Å². The molecule has 7 nitrogen and oxygen atoms in total. The summed E-state index contributed by atoms with van der Waals surface area (Å²) in [5.74, 6) is -2.49. The molecular formula is C19H17FN2O5. The number of amides is 2. The van der Waals surface area contributed by atoms with Gasteiger partial charge in [0.05, 0.1) is 24.0 Å². The van der Waals surface area contributed by atoms with Crippen LogP contribution >= 0.6 is 0 Å². The predicted molar refractivity (Wildman–Crippen MR) is 95.3 cm³/mol. The lowest BCUT2D eigenvalue weighted by molar-refractivity contribution is -0.128. The van der Waals surface area contributed by atoms with Gasteiger partial charge in [-0.05, 0) is 31.2 Å². The Morgan fingerprint density at radius 1 is 1.22 bits per heavy atom. The summed E-state index contributed by atoms with van der Waals surface area (Å²) in [6.07, 6.45) is -1.21. The van der Waals surface area contributed by atoms with Crippen molar-refractivity contribution in [2.45, 2.75) is 13.0 Å². The van der Waals surface area contributed by atoms with E-state index in [1.807, 2.05) is 0 Å². The lowest BCUT2D eigenvalue weighted by atomic mass is 10.1. The number of fused-ring (bicyclic) bond motifs is 1. The number of nitrogens with one attached hydrogen (secondary N) is 1. The Labute approximate surface area is 154 Å². The number of halogens is 1. The molecule has 2 amide bonds. The van der Waals surface area contributed by atoms with Crippen LogP contribution in [0.3, 0.4) is 0 Å². The van der Waals surface area contributed by atoms with E-state index in [0.717, 1.165) is 6.07 Å². The van der Waals surface area contributed by atoms with E-state index in [-0.39, 0.29) is 23.8 Å². The Morgan fingerprint density at radius 3 is 2.67 bits per heavy atom. The Balaban J connectivity index is 1.76. The number of hydrogen-bond donors (Lipinski definition) is 1. The number of nitrogens with zero attached hydrogens (tertiary/aromatic N) is 1. The summed E-state index contributed by atoms with van der Waals surface area (Å²) in [7, 11) is 1.38. The maximum absolute atomic E-state index is 14.0. The number of ether oxygens (including phenoxy) is 2. The molecule has 3 rings (SSSR count). The SMILES string of the molecule is COc1ccc(C(=O)O[C@H](C)C(=O)N2CC(=O)Nc3ccccc32)c(F)c1. The van der Waals surface area contributed by atoms with E-state index in [2.05, 4.69) is 5.32 Å². The fourth-order valence-electron chi connectivity index (χ4n) is 2.71. The molecule has 0 aliphatic carbocycles. The molecule has 0 fully saturated rings. The number of carbonyl (C=O) groups excluding carboxylic acids is 3. The summed E-state index contributed by atoms with van der Waals surface area (Å²) in [6, 6.07) is 10.5. The monoisotopic (exact) mass is 372 g/mol. The lowest BCUT2D eigenvalue weighted by Crippen LogP contribution is -2.47. The second-order valence-corrected chi connectivity index (χ2v) is 5.88. The minimum Gasteiger partial charge on any atom is -0.497 e. The van der Waals surface area contributed by atoms with Gasteiger partial charge < -0.3 is 14.8 Å². The van der Waals surface area contributed by atoms with Gasteiger partial charge in [-0.1, -0.05) is 12.1 Å². The number of para-hydroxylation sites is 2. The first kappa shape index (κ1) is 18.4. The molecule has 27 heavy (non-hydrogen) atoms. The van der Waals surface area contributed by atoms with Gasteiger partial charge in [0.2, 0.25) is 5.91 Å². The number of benzene rings is 2. The highest BCUT2D eigenvalue weighted by Gasteiger charge is 2.31. The molecule has 0 unspecified atom stereocenters. The van der Waals surface area contributed by atoms with Crippen LogP contribution in [0.1, 0.15) is 17.3 Å². The van der Waals surface area contributed by atoms with E-state index >= 15 is 0 Å². The van der Waals surface area contributed by atoms with E-state index in [1.54, 1.807) is 24.3 Å². The normalized spacial score (nSPS) is 14.0. The zero-order chi connectivity index (χ0) is 19.6. The number of methoxy groups -OCH3 is 1. The van der Waals surface area contributed by atoms with Crippen molar-refractivity contribution in [3.8, 4) is 5.75 Å². The average Bonchev–Trinajstić information content (AvgIpc) is 2.66. The van der Waals surface area contributed by atoms with Gasteiger partial charge in [-0.25, -0.2) is 9.18 Å². The third-order valence-electron chi connectivity index (χ3n) is 4.06. The van der Waals surface area contributed by atoms with Crippen molar-refractivity contribution in [1.29, 1.82) is 0 Å². The third kappa shape index (κ3) is 3.74. The van der Waals surface area contributed by atoms with E-state index < -0.39 is 23.8 Å². The van der Waals surface area contributed by atoms with Gasteiger partial charge in [0.1, 0.15) is 18.1 Å². The van der Waals surface area contributed by atoms with E-state index in [0.29, 0.717) is 11.4 Å². The zero-order valence-electron chi connectivity index (χ0n) is 14.7. The first-order valence-corrected chi connectivity index (χ1v) is 8.15. The smallest absolute Gasteiger partial charge is 0.341 e. The van der Waals surface area contributed by atoms with E-state index in [1.165, 1.54) is 31.1 Å². The maximum Gasteiger partial charge on any atom is 0.341 e. The van der Waals surface area contributed by atoms with Crippen LogP contribution in [-0.2, 0) is 14.3 Å². The van der Waals surface area contributed by atoms with Crippen LogP contribution in [0.2, 0.25) is 0 Å². The van der Waals surface area contributed by atoms with Crippen LogP contribution in [0.15, 0.2) is 42.5 Å². The van der Waals surface area contributed by atoms with Gasteiger partial charge in [0, 0.05) is 6.07 Å². The molecule has 1 aliphatic heterocycles. The summed E-state index contributed by atoms with van der Waals surface area (Å²) >= 11 is 0. The van der Waals surface area contributed by atoms with Gasteiger partial charge in [-0.3, -0.25) is 14.5 Å². The van der Waals surface area contributed by atoms with E-state index in [9.17, 15) is 18.8 Å². The molecule has 2 aromatic rings. The summed E-state index contributed by atoms with van der Waals surface area (Å²) in [6.45, 7) is 1.17. The second-order valence-electron chi connectivity index (χ2n) is 5.88. The number of rotatable bonds is 4. The fourth-order valence-corrected chi connectivity index (χ4v) is 2.71. The first-order valence-electron chi connectivity index (χ1n) is 8.15. The topological polar surface area (TPSA) is 84.9 Å². The van der Waals surface area contributed by atoms with Crippen molar-refractivity contribution in [2.24, 2.45) is 0 Å². The molecule has 0 saturated heterocycles. The summed E-state index contributed by atoms with van der Waals surface area (Å²) in [5, 5.41) is 2.67. The highest BCUT2D eigenvalue weighted by atomic mass is 19.1. The summed E-state index contributed by atoms with van der Waals surface area (Å²) < 4.78 is 24.0. The Bertz CT molecular complexity index is 915. The number of esters is 1. The van der Waals surface area contributed by atoms with Crippen molar-refractivity contribution in [1.82, 2.24) is 0 Å². The highest BCUT2D eigenvalue weighted by molar-refractivity contribution is 6.11. The molecular weight excluding hydrogens is 355 g/mol. The maximum atomic E-state index is 14.0. The highest BCUT2D eigenvalue weighted by Crippen LogP contribution is 2.29. The molecule has 1 N–H and O–H groups in total. The van der Waals surface area contributed by atoms with Crippen LogP contribution in [0, 0.1) is 5.82 Å². The molecule has 0 spiro atoms. The molecule has 1 atom stereocenters. The molecule has 2 aromatic carbocycles. The molecule has 0 radical (unpaired) electrons. The molecule has 0 aromatic heterocycles. The zero-order valence-corrected chi connectivity index (χ0v) is 14.7. The van der Waals surface area contributed by atoms with Gasteiger partial charge >= 0.3 is 5.97 Å². The Morgan fingerprint density at radius 2 is 1.96 bits per heavy atom. The second kappa shape index (κ2) is 7.45. The Kier molecular flexibility index (Phi) is 5.07.